The Morgan fingerprint density at radius 3 is 2.29 bits per heavy atom. The number of anilines is 1. The first-order valence-corrected chi connectivity index (χ1v) is 8.95. The van der Waals surface area contributed by atoms with Crippen LogP contribution in [0.2, 0.25) is 5.02 Å². The molecule has 0 heterocycles. The monoisotopic (exact) mass is 395 g/mol. The lowest BCUT2D eigenvalue weighted by Gasteiger charge is -2.09. The number of rotatable bonds is 6. The van der Waals surface area contributed by atoms with Crippen molar-refractivity contribution in [2.75, 3.05) is 11.9 Å². The topological polar surface area (TPSA) is 64.6 Å². The largest absolute Gasteiger partial charge is 0.480 e. The van der Waals surface area contributed by atoms with Gasteiger partial charge < -0.3 is 14.8 Å². The molecule has 0 unspecified atom stereocenters. The number of benzene rings is 3. The predicted molar refractivity (Wildman–Crippen MR) is 108 cm³/mol. The molecular formula is C22H18ClNO4. The van der Waals surface area contributed by atoms with Crippen LogP contribution in [0.5, 0.6) is 11.5 Å². The molecule has 3 aromatic rings. The first kappa shape index (κ1) is 19.5. The Bertz CT molecular complexity index is 969. The number of hydrogen-bond donors (Lipinski definition) is 1. The second-order valence-electron chi connectivity index (χ2n) is 6.04. The van der Waals surface area contributed by atoms with Crippen molar-refractivity contribution in [3.8, 4) is 11.5 Å². The molecule has 3 rings (SSSR count). The van der Waals surface area contributed by atoms with Crippen molar-refractivity contribution in [1.82, 2.24) is 0 Å². The highest BCUT2D eigenvalue weighted by Gasteiger charge is 2.10. The molecule has 0 spiro atoms. The summed E-state index contributed by atoms with van der Waals surface area (Å²) in [6, 6.07) is 20.6. The van der Waals surface area contributed by atoms with Crippen LogP contribution in [0.1, 0.15) is 15.9 Å². The molecule has 0 aromatic heterocycles. The van der Waals surface area contributed by atoms with Crippen LogP contribution >= 0.6 is 11.6 Å². The summed E-state index contributed by atoms with van der Waals surface area (Å²) < 4.78 is 10.5. The number of nitrogens with one attached hydrogen (secondary N) is 1. The number of halogens is 1. The van der Waals surface area contributed by atoms with E-state index in [0.717, 1.165) is 5.56 Å². The van der Waals surface area contributed by atoms with Crippen molar-refractivity contribution in [1.29, 1.82) is 0 Å². The van der Waals surface area contributed by atoms with Crippen LogP contribution < -0.4 is 14.8 Å². The summed E-state index contributed by atoms with van der Waals surface area (Å²) in [5.41, 5.74) is 2.28. The molecule has 0 saturated carbocycles. The Balaban J connectivity index is 1.53. The third-order valence-corrected chi connectivity index (χ3v) is 4.15. The Morgan fingerprint density at radius 1 is 0.929 bits per heavy atom. The SMILES string of the molecule is Cc1ccc(NC(=O)c2ccc(OC(=O)COc3ccccc3Cl)cc2)cc1. The van der Waals surface area contributed by atoms with E-state index in [4.69, 9.17) is 21.1 Å². The summed E-state index contributed by atoms with van der Waals surface area (Å²) in [5, 5.41) is 3.23. The Kier molecular flexibility index (Phi) is 6.29. The predicted octanol–water partition coefficient (Wildman–Crippen LogP) is 4.89. The van der Waals surface area contributed by atoms with Crippen LogP contribution in [0.15, 0.2) is 72.8 Å². The molecule has 6 heteroatoms. The lowest BCUT2D eigenvalue weighted by atomic mass is 10.2. The van der Waals surface area contributed by atoms with Crippen LogP contribution in [-0.4, -0.2) is 18.5 Å². The minimum absolute atomic E-state index is 0.246. The van der Waals surface area contributed by atoms with Gasteiger partial charge in [-0.3, -0.25) is 4.79 Å². The van der Waals surface area contributed by atoms with Gasteiger partial charge in [0.15, 0.2) is 6.61 Å². The molecule has 1 amide bonds. The third kappa shape index (κ3) is 5.34. The summed E-state index contributed by atoms with van der Waals surface area (Å²) in [6.45, 7) is 1.70. The average molecular weight is 396 g/mol. The van der Waals surface area contributed by atoms with Gasteiger partial charge in [0.25, 0.3) is 5.91 Å². The minimum atomic E-state index is -0.572. The maximum atomic E-state index is 12.3. The van der Waals surface area contributed by atoms with Crippen LogP contribution in [0.25, 0.3) is 0 Å². The molecule has 0 fully saturated rings. The molecule has 0 atom stereocenters. The zero-order valence-electron chi connectivity index (χ0n) is 15.1. The molecular weight excluding hydrogens is 378 g/mol. The number of ether oxygens (including phenoxy) is 2. The fraction of sp³-hybridized carbons (Fsp3) is 0.0909. The van der Waals surface area contributed by atoms with Crippen molar-refractivity contribution >= 4 is 29.2 Å². The van der Waals surface area contributed by atoms with Gasteiger partial charge in [0, 0.05) is 11.3 Å². The fourth-order valence-corrected chi connectivity index (χ4v) is 2.56. The Morgan fingerprint density at radius 2 is 1.61 bits per heavy atom. The molecule has 0 aliphatic rings. The van der Waals surface area contributed by atoms with E-state index in [1.54, 1.807) is 48.5 Å². The van der Waals surface area contributed by atoms with Crippen LogP contribution in [0.4, 0.5) is 5.69 Å². The first-order valence-electron chi connectivity index (χ1n) is 8.57. The van der Waals surface area contributed by atoms with E-state index in [-0.39, 0.29) is 12.5 Å². The minimum Gasteiger partial charge on any atom is -0.480 e. The quantitative estimate of drug-likeness (QED) is 0.477. The summed E-state index contributed by atoms with van der Waals surface area (Å²) in [5.74, 6) is -0.0931. The fourth-order valence-electron chi connectivity index (χ4n) is 2.37. The van der Waals surface area contributed by atoms with E-state index in [2.05, 4.69) is 5.32 Å². The molecule has 28 heavy (non-hydrogen) atoms. The summed E-state index contributed by atoms with van der Waals surface area (Å²) in [7, 11) is 0. The number of carbonyl (C=O) groups is 2. The van der Waals surface area contributed by atoms with Gasteiger partial charge in [0.05, 0.1) is 5.02 Å². The number of hydrogen-bond acceptors (Lipinski definition) is 4. The van der Waals surface area contributed by atoms with Crippen molar-refractivity contribution in [3.63, 3.8) is 0 Å². The molecule has 142 valence electrons. The van der Waals surface area contributed by atoms with Crippen molar-refractivity contribution in [2.45, 2.75) is 6.92 Å². The molecule has 0 saturated heterocycles. The zero-order chi connectivity index (χ0) is 19.9. The maximum Gasteiger partial charge on any atom is 0.349 e. The number of amides is 1. The average Bonchev–Trinajstić information content (AvgIpc) is 2.69. The Hall–Kier alpha value is -3.31. The number of carbonyl (C=O) groups excluding carboxylic acids is 2. The van der Waals surface area contributed by atoms with Gasteiger partial charge in [0.1, 0.15) is 11.5 Å². The van der Waals surface area contributed by atoms with E-state index in [1.165, 1.54) is 0 Å². The normalized spacial score (nSPS) is 10.2. The number of esters is 1. The van der Waals surface area contributed by atoms with Crippen LogP contribution in [0, 0.1) is 6.92 Å². The lowest BCUT2D eigenvalue weighted by Crippen LogP contribution is -2.18. The number of para-hydroxylation sites is 1. The van der Waals surface area contributed by atoms with E-state index in [1.807, 2.05) is 31.2 Å². The third-order valence-electron chi connectivity index (χ3n) is 3.84. The van der Waals surface area contributed by atoms with E-state index in [0.29, 0.717) is 27.8 Å². The van der Waals surface area contributed by atoms with Crippen molar-refractivity contribution < 1.29 is 19.1 Å². The highest BCUT2D eigenvalue weighted by molar-refractivity contribution is 6.32. The summed E-state index contributed by atoms with van der Waals surface area (Å²) in [4.78, 5) is 24.2. The molecule has 0 aliphatic carbocycles. The molecule has 0 bridgehead atoms. The molecule has 0 aliphatic heterocycles. The van der Waals surface area contributed by atoms with Gasteiger partial charge in [-0.25, -0.2) is 4.79 Å². The van der Waals surface area contributed by atoms with Crippen molar-refractivity contribution in [3.05, 3.63) is 88.9 Å². The zero-order valence-corrected chi connectivity index (χ0v) is 15.9. The number of aryl methyl sites for hydroxylation is 1. The van der Waals surface area contributed by atoms with Crippen LogP contribution in [0.3, 0.4) is 0 Å². The summed E-state index contributed by atoms with van der Waals surface area (Å²) >= 11 is 5.97. The molecule has 5 nitrogen and oxygen atoms in total. The first-order chi connectivity index (χ1) is 13.5. The van der Waals surface area contributed by atoms with Crippen LogP contribution in [-0.2, 0) is 4.79 Å². The van der Waals surface area contributed by atoms with Gasteiger partial charge in [0.2, 0.25) is 0 Å². The van der Waals surface area contributed by atoms with E-state index in [9.17, 15) is 9.59 Å². The van der Waals surface area contributed by atoms with Gasteiger partial charge in [-0.15, -0.1) is 0 Å². The highest BCUT2D eigenvalue weighted by atomic mass is 35.5. The second kappa shape index (κ2) is 9.06. The lowest BCUT2D eigenvalue weighted by molar-refractivity contribution is -0.136. The van der Waals surface area contributed by atoms with Gasteiger partial charge in [-0.1, -0.05) is 41.4 Å². The molecule has 3 aromatic carbocycles. The smallest absolute Gasteiger partial charge is 0.349 e. The van der Waals surface area contributed by atoms with Gasteiger partial charge >= 0.3 is 5.97 Å². The maximum absolute atomic E-state index is 12.3. The summed E-state index contributed by atoms with van der Waals surface area (Å²) in [6.07, 6.45) is 0. The van der Waals surface area contributed by atoms with E-state index < -0.39 is 5.97 Å². The standard InChI is InChI=1S/C22H18ClNO4/c1-15-6-10-17(11-7-15)24-22(26)16-8-12-18(13-9-16)28-21(25)14-27-20-5-3-2-4-19(20)23/h2-13H,14H2,1H3,(H,24,26). The molecule has 0 radical (unpaired) electrons. The highest BCUT2D eigenvalue weighted by Crippen LogP contribution is 2.23. The molecule has 1 N–H and O–H groups in total. The Labute approximate surface area is 167 Å². The van der Waals surface area contributed by atoms with Gasteiger partial charge in [-0.05, 0) is 55.5 Å². The van der Waals surface area contributed by atoms with Gasteiger partial charge in [-0.2, -0.15) is 0 Å². The van der Waals surface area contributed by atoms with E-state index >= 15 is 0 Å². The second-order valence-corrected chi connectivity index (χ2v) is 6.44. The van der Waals surface area contributed by atoms with Crippen molar-refractivity contribution in [2.24, 2.45) is 0 Å².